The maximum atomic E-state index is 12.1. The third kappa shape index (κ3) is 5.65. The van der Waals surface area contributed by atoms with Crippen molar-refractivity contribution in [2.45, 2.75) is 63.7 Å². The van der Waals surface area contributed by atoms with Crippen LogP contribution < -0.4 is 5.32 Å². The summed E-state index contributed by atoms with van der Waals surface area (Å²) in [7, 11) is -3.99. The molecule has 6 nitrogen and oxygen atoms in total. The van der Waals surface area contributed by atoms with Crippen LogP contribution in [0, 0.1) is 5.92 Å². The second kappa shape index (κ2) is 7.77. The van der Waals surface area contributed by atoms with Gasteiger partial charge in [0.25, 0.3) is 0 Å². The topological polar surface area (TPSA) is 101 Å². The lowest BCUT2D eigenvalue weighted by atomic mass is 10.1. The summed E-state index contributed by atoms with van der Waals surface area (Å²) in [6.07, 6.45) is 6.05. The monoisotopic (exact) mass is 319 g/mol. The summed E-state index contributed by atoms with van der Waals surface area (Å²) in [5, 5.41) is 10.2. The van der Waals surface area contributed by atoms with Crippen LogP contribution in [0.5, 0.6) is 0 Å². The Morgan fingerprint density at radius 2 is 1.67 bits per heavy atom. The van der Waals surface area contributed by atoms with Gasteiger partial charge in [-0.1, -0.05) is 39.5 Å². The Labute approximate surface area is 126 Å². The second-order valence-corrected chi connectivity index (χ2v) is 8.19. The SMILES string of the molecule is CC(C)C(C(=O)O)S(=O)(=O)CC(=O)NC1CCCCCC1. The molecule has 0 radical (unpaired) electrons. The van der Waals surface area contributed by atoms with Gasteiger partial charge < -0.3 is 10.4 Å². The van der Waals surface area contributed by atoms with Crippen molar-refractivity contribution in [1.29, 1.82) is 0 Å². The van der Waals surface area contributed by atoms with Crippen molar-refractivity contribution in [2.24, 2.45) is 5.92 Å². The summed E-state index contributed by atoms with van der Waals surface area (Å²) in [5.74, 6) is -3.31. The van der Waals surface area contributed by atoms with E-state index in [2.05, 4.69) is 5.32 Å². The highest BCUT2D eigenvalue weighted by atomic mass is 32.2. The molecule has 0 aromatic rings. The van der Waals surface area contributed by atoms with Gasteiger partial charge in [-0.25, -0.2) is 8.42 Å². The number of amides is 1. The van der Waals surface area contributed by atoms with Gasteiger partial charge in [0, 0.05) is 6.04 Å². The molecular formula is C14H25NO5S. The molecule has 0 aliphatic heterocycles. The maximum Gasteiger partial charge on any atom is 0.322 e. The van der Waals surface area contributed by atoms with Crippen molar-refractivity contribution in [3.05, 3.63) is 0 Å². The Balaban J connectivity index is 2.65. The minimum Gasteiger partial charge on any atom is -0.480 e. The average molecular weight is 319 g/mol. The van der Waals surface area contributed by atoms with E-state index < -0.39 is 38.6 Å². The Kier molecular flexibility index (Phi) is 6.64. The fourth-order valence-electron chi connectivity index (χ4n) is 2.82. The molecule has 0 spiro atoms. The lowest BCUT2D eigenvalue weighted by Gasteiger charge is -2.19. The highest BCUT2D eigenvalue weighted by Crippen LogP contribution is 2.18. The first-order valence-corrected chi connectivity index (χ1v) is 9.19. The van der Waals surface area contributed by atoms with E-state index in [1.165, 1.54) is 13.8 Å². The second-order valence-electron chi connectivity index (χ2n) is 6.07. The highest BCUT2D eigenvalue weighted by molar-refractivity contribution is 7.93. The normalized spacial score (nSPS) is 19.0. The summed E-state index contributed by atoms with van der Waals surface area (Å²) in [4.78, 5) is 23.0. The van der Waals surface area contributed by atoms with Gasteiger partial charge in [0.1, 0.15) is 5.75 Å². The van der Waals surface area contributed by atoms with E-state index in [9.17, 15) is 18.0 Å². The van der Waals surface area contributed by atoms with Crippen LogP contribution in [0.4, 0.5) is 0 Å². The van der Waals surface area contributed by atoms with Gasteiger partial charge in [-0.3, -0.25) is 9.59 Å². The molecular weight excluding hydrogens is 294 g/mol. The molecule has 7 heteroatoms. The highest BCUT2D eigenvalue weighted by Gasteiger charge is 2.37. The number of carboxylic acid groups (broad SMARTS) is 1. The summed E-state index contributed by atoms with van der Waals surface area (Å²) in [6.45, 7) is 3.05. The molecule has 1 saturated carbocycles. The predicted molar refractivity (Wildman–Crippen MR) is 79.7 cm³/mol. The molecule has 21 heavy (non-hydrogen) atoms. The number of carbonyl (C=O) groups is 2. The molecule has 1 amide bonds. The zero-order valence-corrected chi connectivity index (χ0v) is 13.5. The van der Waals surface area contributed by atoms with Gasteiger partial charge >= 0.3 is 5.97 Å². The molecule has 1 fully saturated rings. The van der Waals surface area contributed by atoms with Gasteiger partial charge in [0.2, 0.25) is 5.91 Å². The summed E-state index contributed by atoms with van der Waals surface area (Å²) >= 11 is 0. The lowest BCUT2D eigenvalue weighted by molar-refractivity contribution is -0.137. The first-order chi connectivity index (χ1) is 9.74. The van der Waals surface area contributed by atoms with Gasteiger partial charge in [-0.15, -0.1) is 0 Å². The molecule has 2 N–H and O–H groups in total. The fraction of sp³-hybridized carbons (Fsp3) is 0.857. The smallest absolute Gasteiger partial charge is 0.322 e. The van der Waals surface area contributed by atoms with Crippen molar-refractivity contribution in [1.82, 2.24) is 5.32 Å². The van der Waals surface area contributed by atoms with E-state index in [0.717, 1.165) is 38.5 Å². The van der Waals surface area contributed by atoms with Crippen molar-refractivity contribution >= 4 is 21.7 Å². The van der Waals surface area contributed by atoms with Crippen LogP contribution in [0.25, 0.3) is 0 Å². The zero-order valence-electron chi connectivity index (χ0n) is 12.7. The number of hydrogen-bond donors (Lipinski definition) is 2. The Bertz CT molecular complexity index is 464. The summed E-state index contributed by atoms with van der Waals surface area (Å²) < 4.78 is 24.2. The van der Waals surface area contributed by atoms with Gasteiger partial charge in [-0.05, 0) is 18.8 Å². The zero-order chi connectivity index (χ0) is 16.0. The number of carboxylic acids is 1. The fourth-order valence-corrected chi connectivity index (χ4v) is 4.58. The van der Waals surface area contributed by atoms with E-state index in [-0.39, 0.29) is 6.04 Å². The minimum atomic E-state index is -3.99. The molecule has 1 rings (SSSR count). The van der Waals surface area contributed by atoms with Gasteiger partial charge in [0.05, 0.1) is 0 Å². The molecule has 1 atom stereocenters. The third-order valence-corrected chi connectivity index (χ3v) is 5.97. The molecule has 0 aromatic carbocycles. The van der Waals surface area contributed by atoms with Crippen LogP contribution in [0.2, 0.25) is 0 Å². The van der Waals surface area contributed by atoms with Crippen molar-refractivity contribution < 1.29 is 23.1 Å². The van der Waals surface area contributed by atoms with Crippen LogP contribution in [-0.4, -0.2) is 42.4 Å². The summed E-state index contributed by atoms with van der Waals surface area (Å²) in [5.41, 5.74) is 0. The molecule has 0 bridgehead atoms. The van der Waals surface area contributed by atoms with E-state index in [1.807, 2.05) is 0 Å². The quantitative estimate of drug-likeness (QED) is 0.720. The number of aliphatic carboxylic acids is 1. The molecule has 1 aliphatic rings. The number of sulfone groups is 1. The Hall–Kier alpha value is -1.11. The number of carbonyl (C=O) groups excluding carboxylic acids is 1. The van der Waals surface area contributed by atoms with Gasteiger partial charge in [0.15, 0.2) is 15.1 Å². The number of hydrogen-bond acceptors (Lipinski definition) is 4. The molecule has 0 saturated heterocycles. The van der Waals surface area contributed by atoms with Crippen molar-refractivity contribution in [3.8, 4) is 0 Å². The Morgan fingerprint density at radius 1 is 1.14 bits per heavy atom. The van der Waals surface area contributed by atoms with E-state index in [1.54, 1.807) is 0 Å². The molecule has 1 unspecified atom stereocenters. The summed E-state index contributed by atoms with van der Waals surface area (Å²) in [6, 6.07) is 0.0116. The minimum absolute atomic E-state index is 0.0116. The van der Waals surface area contributed by atoms with Crippen LogP contribution in [0.15, 0.2) is 0 Å². The lowest BCUT2D eigenvalue weighted by Crippen LogP contribution is -2.43. The third-order valence-electron chi connectivity index (χ3n) is 3.79. The van der Waals surface area contributed by atoms with Gasteiger partial charge in [-0.2, -0.15) is 0 Å². The molecule has 0 aromatic heterocycles. The largest absolute Gasteiger partial charge is 0.480 e. The first kappa shape index (κ1) is 17.9. The molecule has 122 valence electrons. The number of rotatable bonds is 6. The first-order valence-electron chi connectivity index (χ1n) is 7.47. The maximum absolute atomic E-state index is 12.1. The molecule has 0 heterocycles. The average Bonchev–Trinajstić information content (AvgIpc) is 2.54. The van der Waals surface area contributed by atoms with Crippen LogP contribution in [0.3, 0.4) is 0 Å². The number of nitrogens with one attached hydrogen (secondary N) is 1. The standard InChI is InChI=1S/C14H25NO5S/c1-10(2)13(14(17)18)21(19,20)9-12(16)15-11-7-5-3-4-6-8-11/h10-11,13H,3-9H2,1-2H3,(H,15,16)(H,17,18). The van der Waals surface area contributed by atoms with Crippen molar-refractivity contribution in [3.63, 3.8) is 0 Å². The predicted octanol–water partition coefficient (Wildman–Crippen LogP) is 1.35. The van der Waals surface area contributed by atoms with Crippen molar-refractivity contribution in [2.75, 3.05) is 5.75 Å². The molecule has 1 aliphatic carbocycles. The van der Waals surface area contributed by atoms with E-state index in [4.69, 9.17) is 5.11 Å². The Morgan fingerprint density at radius 3 is 2.10 bits per heavy atom. The van der Waals surface area contributed by atoms with E-state index >= 15 is 0 Å². The van der Waals surface area contributed by atoms with Crippen LogP contribution in [-0.2, 0) is 19.4 Å². The van der Waals surface area contributed by atoms with Crippen LogP contribution >= 0.6 is 0 Å². The van der Waals surface area contributed by atoms with Crippen LogP contribution in [0.1, 0.15) is 52.4 Å². The van der Waals surface area contributed by atoms with E-state index in [0.29, 0.717) is 0 Å².